The van der Waals surface area contributed by atoms with Crippen LogP contribution in [0.5, 0.6) is 0 Å². The lowest BCUT2D eigenvalue weighted by Gasteiger charge is -2.19. The van der Waals surface area contributed by atoms with Crippen LogP contribution >= 0.6 is 11.3 Å². The predicted octanol–water partition coefficient (Wildman–Crippen LogP) is 2.77. The van der Waals surface area contributed by atoms with E-state index in [-0.39, 0.29) is 0 Å². The molecule has 2 aromatic heterocycles. The summed E-state index contributed by atoms with van der Waals surface area (Å²) in [5.41, 5.74) is 1.68. The highest BCUT2D eigenvalue weighted by atomic mass is 32.1. The van der Waals surface area contributed by atoms with E-state index < -0.39 is 5.60 Å². The van der Waals surface area contributed by atoms with Crippen molar-refractivity contribution in [3.63, 3.8) is 0 Å². The lowest BCUT2D eigenvalue weighted by Crippen LogP contribution is -2.19. The Kier molecular flexibility index (Phi) is 2.13. The van der Waals surface area contributed by atoms with E-state index in [1.165, 1.54) is 5.69 Å². The van der Waals surface area contributed by atoms with Gasteiger partial charge in [-0.05, 0) is 26.7 Å². The van der Waals surface area contributed by atoms with E-state index >= 15 is 0 Å². The van der Waals surface area contributed by atoms with Crippen molar-refractivity contribution in [1.29, 1.82) is 0 Å². The molecule has 86 valence electrons. The van der Waals surface area contributed by atoms with E-state index in [0.717, 1.165) is 41.2 Å². The van der Waals surface area contributed by atoms with Gasteiger partial charge in [0.05, 0.1) is 10.6 Å². The highest BCUT2D eigenvalue weighted by Crippen LogP contribution is 2.41. The quantitative estimate of drug-likeness (QED) is 0.826. The Bertz CT molecular complexity index is 534. The summed E-state index contributed by atoms with van der Waals surface area (Å²) in [4.78, 5) is 6.59. The third kappa shape index (κ3) is 1.33. The van der Waals surface area contributed by atoms with Crippen molar-refractivity contribution in [2.45, 2.75) is 45.1 Å². The molecule has 1 saturated carbocycles. The Morgan fingerprint density at radius 1 is 1.38 bits per heavy atom. The molecule has 16 heavy (non-hydrogen) atoms. The summed E-state index contributed by atoms with van der Waals surface area (Å²) in [5, 5.41) is 10.5. The summed E-state index contributed by atoms with van der Waals surface area (Å²) >= 11 is 1.63. The number of rotatable bonds is 1. The molecular formula is C12H16N2OS. The summed E-state index contributed by atoms with van der Waals surface area (Å²) in [6.07, 6.45) is 6.13. The van der Waals surface area contributed by atoms with Crippen LogP contribution in [-0.2, 0) is 5.60 Å². The minimum atomic E-state index is -0.578. The van der Waals surface area contributed by atoms with Gasteiger partial charge in [-0.1, -0.05) is 24.2 Å². The third-order valence-electron chi connectivity index (χ3n) is 3.69. The Morgan fingerprint density at radius 3 is 2.69 bits per heavy atom. The van der Waals surface area contributed by atoms with Crippen molar-refractivity contribution in [2.75, 3.05) is 0 Å². The monoisotopic (exact) mass is 236 g/mol. The Hall–Kier alpha value is -0.870. The average Bonchev–Trinajstić information content (AvgIpc) is 2.88. The number of aliphatic hydroxyl groups is 1. The van der Waals surface area contributed by atoms with Gasteiger partial charge in [0.1, 0.15) is 5.60 Å². The van der Waals surface area contributed by atoms with Gasteiger partial charge >= 0.3 is 0 Å². The van der Waals surface area contributed by atoms with Crippen LogP contribution in [0, 0.1) is 13.8 Å². The van der Waals surface area contributed by atoms with Crippen LogP contribution in [0.4, 0.5) is 0 Å². The highest BCUT2D eigenvalue weighted by Gasteiger charge is 2.35. The smallest absolute Gasteiger partial charge is 0.194 e. The zero-order valence-corrected chi connectivity index (χ0v) is 10.5. The second-order valence-electron chi connectivity index (χ2n) is 4.77. The molecule has 0 aliphatic heterocycles. The summed E-state index contributed by atoms with van der Waals surface area (Å²) in [7, 11) is 0. The molecule has 0 bridgehead atoms. The maximum atomic E-state index is 10.5. The van der Waals surface area contributed by atoms with Gasteiger partial charge in [0.25, 0.3) is 0 Å². The molecule has 1 aliphatic rings. The first-order valence-corrected chi connectivity index (χ1v) is 6.60. The maximum absolute atomic E-state index is 10.5. The fraction of sp³-hybridized carbons (Fsp3) is 0.583. The number of nitrogens with zero attached hydrogens (tertiary/aromatic N) is 2. The van der Waals surface area contributed by atoms with Gasteiger partial charge < -0.3 is 5.11 Å². The van der Waals surface area contributed by atoms with E-state index in [2.05, 4.69) is 22.5 Å². The second-order valence-corrected chi connectivity index (χ2v) is 5.78. The van der Waals surface area contributed by atoms with Crippen molar-refractivity contribution in [3.8, 4) is 0 Å². The molecule has 3 rings (SSSR count). The number of fused-ring (bicyclic) bond motifs is 1. The van der Waals surface area contributed by atoms with Crippen molar-refractivity contribution in [2.24, 2.45) is 0 Å². The van der Waals surface area contributed by atoms with Gasteiger partial charge in [-0.25, -0.2) is 4.98 Å². The van der Waals surface area contributed by atoms with E-state index in [1.807, 2.05) is 6.92 Å². The number of hydrogen-bond donors (Lipinski definition) is 1. The second kappa shape index (κ2) is 3.31. The molecule has 4 heteroatoms. The van der Waals surface area contributed by atoms with Gasteiger partial charge in [0.15, 0.2) is 4.96 Å². The summed E-state index contributed by atoms with van der Waals surface area (Å²) in [6.45, 7) is 4.10. The standard InChI is InChI=1S/C12H16N2OS/c1-8-9(2)14-7-10(16-11(14)13-8)12(15)5-3-4-6-12/h7,15H,3-6H2,1-2H3. The van der Waals surface area contributed by atoms with E-state index in [0.29, 0.717) is 0 Å². The molecule has 0 radical (unpaired) electrons. The molecule has 1 fully saturated rings. The van der Waals surface area contributed by atoms with Gasteiger partial charge in [-0.2, -0.15) is 0 Å². The number of imidazole rings is 1. The lowest BCUT2D eigenvalue weighted by atomic mass is 10.0. The molecule has 0 aromatic carbocycles. The van der Waals surface area contributed by atoms with E-state index in [4.69, 9.17) is 0 Å². The van der Waals surface area contributed by atoms with Crippen LogP contribution in [0.3, 0.4) is 0 Å². The molecule has 1 aliphatic carbocycles. The van der Waals surface area contributed by atoms with Gasteiger partial charge in [0, 0.05) is 11.9 Å². The molecular weight excluding hydrogens is 220 g/mol. The summed E-state index contributed by atoms with van der Waals surface area (Å²) < 4.78 is 2.10. The molecule has 0 spiro atoms. The van der Waals surface area contributed by atoms with Crippen LogP contribution in [0.15, 0.2) is 6.20 Å². The average molecular weight is 236 g/mol. The molecule has 0 unspecified atom stereocenters. The number of thiazole rings is 1. The van der Waals surface area contributed by atoms with Crippen molar-refractivity contribution >= 4 is 16.3 Å². The zero-order valence-electron chi connectivity index (χ0n) is 9.66. The highest BCUT2D eigenvalue weighted by molar-refractivity contribution is 7.17. The largest absolute Gasteiger partial charge is 0.384 e. The normalized spacial score (nSPS) is 19.7. The minimum absolute atomic E-state index is 0.578. The molecule has 0 atom stereocenters. The van der Waals surface area contributed by atoms with Gasteiger partial charge in [-0.3, -0.25) is 4.40 Å². The first kappa shape index (κ1) is 10.3. The summed E-state index contributed by atoms with van der Waals surface area (Å²) in [5.74, 6) is 0. The number of hydrogen-bond acceptors (Lipinski definition) is 3. The Labute approximate surface area is 98.8 Å². The van der Waals surface area contributed by atoms with Gasteiger partial charge in [-0.15, -0.1) is 0 Å². The lowest BCUT2D eigenvalue weighted by molar-refractivity contribution is 0.0480. The van der Waals surface area contributed by atoms with Crippen LogP contribution in [0.1, 0.15) is 41.9 Å². The fourth-order valence-corrected chi connectivity index (χ4v) is 3.70. The van der Waals surface area contributed by atoms with Crippen LogP contribution in [0.25, 0.3) is 4.96 Å². The van der Waals surface area contributed by atoms with Crippen molar-refractivity contribution in [3.05, 3.63) is 22.5 Å². The SMILES string of the molecule is Cc1nc2sc(C3(O)CCCC3)cn2c1C. The predicted molar refractivity (Wildman–Crippen MR) is 64.9 cm³/mol. The molecule has 0 saturated heterocycles. The first-order valence-electron chi connectivity index (χ1n) is 5.78. The molecule has 2 heterocycles. The Morgan fingerprint density at radius 2 is 2.06 bits per heavy atom. The topological polar surface area (TPSA) is 37.5 Å². The summed E-state index contributed by atoms with van der Waals surface area (Å²) in [6, 6.07) is 0. The number of aryl methyl sites for hydroxylation is 2. The van der Waals surface area contributed by atoms with Crippen LogP contribution in [0.2, 0.25) is 0 Å². The molecule has 1 N–H and O–H groups in total. The van der Waals surface area contributed by atoms with Crippen LogP contribution in [-0.4, -0.2) is 14.5 Å². The number of aromatic nitrogens is 2. The Balaban J connectivity index is 2.12. The maximum Gasteiger partial charge on any atom is 0.194 e. The molecule has 0 amide bonds. The van der Waals surface area contributed by atoms with Gasteiger partial charge in [0.2, 0.25) is 0 Å². The molecule has 3 nitrogen and oxygen atoms in total. The van der Waals surface area contributed by atoms with E-state index in [9.17, 15) is 5.11 Å². The minimum Gasteiger partial charge on any atom is -0.384 e. The fourth-order valence-electron chi connectivity index (χ4n) is 2.48. The van der Waals surface area contributed by atoms with Crippen molar-refractivity contribution in [1.82, 2.24) is 9.38 Å². The van der Waals surface area contributed by atoms with E-state index in [1.54, 1.807) is 11.3 Å². The third-order valence-corrected chi connectivity index (χ3v) is 4.87. The van der Waals surface area contributed by atoms with Crippen molar-refractivity contribution < 1.29 is 5.11 Å². The zero-order chi connectivity index (χ0) is 11.3. The first-order chi connectivity index (χ1) is 7.60. The molecule has 2 aromatic rings. The van der Waals surface area contributed by atoms with Crippen LogP contribution < -0.4 is 0 Å².